The van der Waals surface area contributed by atoms with E-state index in [-0.39, 0.29) is 11.9 Å². The molecule has 1 N–H and O–H groups in total. The molecule has 4 rings (SSSR count). The lowest BCUT2D eigenvalue weighted by molar-refractivity contribution is -0.117. The Balaban J connectivity index is 1.32. The Morgan fingerprint density at radius 3 is 2.52 bits per heavy atom. The molecule has 2 aromatic carbocycles. The van der Waals surface area contributed by atoms with E-state index in [1.165, 1.54) is 0 Å². The van der Waals surface area contributed by atoms with Crippen LogP contribution >= 0.6 is 0 Å². The molecule has 0 atom stereocenters. The van der Waals surface area contributed by atoms with E-state index in [1.807, 2.05) is 48.5 Å². The fraction of sp³-hybridized carbons (Fsp3) is 0.364. The third kappa shape index (κ3) is 5.00. The van der Waals surface area contributed by atoms with Crippen molar-refractivity contribution < 1.29 is 14.3 Å². The topological polar surface area (TPSA) is 94.4 Å². The van der Waals surface area contributed by atoms with E-state index in [9.17, 15) is 4.79 Å². The number of amides is 1. The molecular weight excluding hydrogens is 396 g/mol. The van der Waals surface area contributed by atoms with E-state index in [0.717, 1.165) is 37.2 Å². The number of nitrogens with zero attached hydrogens (tertiary/aromatic N) is 5. The molecule has 9 nitrogen and oxygen atoms in total. The zero-order valence-corrected chi connectivity index (χ0v) is 17.7. The Morgan fingerprint density at radius 2 is 1.81 bits per heavy atom. The number of para-hydroxylation sites is 1. The first-order valence-electron chi connectivity index (χ1n) is 10.3. The second kappa shape index (κ2) is 9.57. The van der Waals surface area contributed by atoms with Gasteiger partial charge in [-0.05, 0) is 48.4 Å². The Labute approximate surface area is 181 Å². The number of ether oxygens (including phenoxy) is 2. The van der Waals surface area contributed by atoms with Gasteiger partial charge in [-0.15, -0.1) is 10.2 Å². The van der Waals surface area contributed by atoms with Crippen molar-refractivity contribution >= 4 is 11.6 Å². The van der Waals surface area contributed by atoms with Gasteiger partial charge in [0.15, 0.2) is 11.5 Å². The Hall–Kier alpha value is -3.46. The van der Waals surface area contributed by atoms with Crippen molar-refractivity contribution in [1.82, 2.24) is 25.1 Å². The van der Waals surface area contributed by atoms with Crippen LogP contribution in [0.4, 0.5) is 5.69 Å². The lowest BCUT2D eigenvalue weighted by Gasteiger charge is -2.30. The van der Waals surface area contributed by atoms with Crippen LogP contribution in [-0.4, -0.2) is 64.9 Å². The maximum atomic E-state index is 12.3. The number of rotatable bonds is 7. The molecule has 2 heterocycles. The minimum absolute atomic E-state index is 0.000676. The number of likely N-dealkylation sites (tertiary alicyclic amines) is 1. The number of methoxy groups -OCH3 is 2. The van der Waals surface area contributed by atoms with E-state index >= 15 is 0 Å². The number of aromatic nitrogens is 4. The first-order chi connectivity index (χ1) is 15.2. The minimum atomic E-state index is -0.000676. The van der Waals surface area contributed by atoms with Gasteiger partial charge in [0.25, 0.3) is 0 Å². The van der Waals surface area contributed by atoms with E-state index in [4.69, 9.17) is 9.47 Å². The molecule has 1 amide bonds. The highest BCUT2D eigenvalue weighted by Crippen LogP contribution is 2.31. The predicted molar refractivity (Wildman–Crippen MR) is 116 cm³/mol. The summed E-state index contributed by atoms with van der Waals surface area (Å²) in [6.07, 6.45) is 1.72. The molecule has 9 heteroatoms. The summed E-state index contributed by atoms with van der Waals surface area (Å²) in [6, 6.07) is 15.2. The maximum Gasteiger partial charge on any atom is 0.238 e. The number of piperidine rings is 1. The number of carbonyl (C=O) groups is 1. The van der Waals surface area contributed by atoms with Crippen LogP contribution in [0.1, 0.15) is 18.9 Å². The number of hydrogen-bond donors (Lipinski definition) is 1. The first-order valence-corrected chi connectivity index (χ1v) is 10.3. The number of hydrogen-bond acceptors (Lipinski definition) is 7. The standard InChI is InChI=1S/C22H26N6O3/c1-30-19-9-8-16(14-20(19)31-2)22-24-26-28(25-22)18-10-12-27(13-11-18)15-21(29)23-17-6-4-3-5-7-17/h3-9,14,18H,10-13,15H2,1-2H3,(H,23,29). The van der Waals surface area contributed by atoms with Crippen molar-refractivity contribution in [2.75, 3.05) is 39.2 Å². The number of nitrogens with one attached hydrogen (secondary N) is 1. The van der Waals surface area contributed by atoms with Gasteiger partial charge in [-0.3, -0.25) is 9.69 Å². The Bertz CT molecular complexity index is 1020. The maximum absolute atomic E-state index is 12.3. The molecule has 31 heavy (non-hydrogen) atoms. The third-order valence-electron chi connectivity index (χ3n) is 5.38. The van der Waals surface area contributed by atoms with Crippen molar-refractivity contribution in [3.63, 3.8) is 0 Å². The largest absolute Gasteiger partial charge is 0.493 e. The van der Waals surface area contributed by atoms with E-state index in [0.29, 0.717) is 23.9 Å². The monoisotopic (exact) mass is 422 g/mol. The lowest BCUT2D eigenvalue weighted by atomic mass is 10.1. The molecule has 0 aliphatic carbocycles. The average Bonchev–Trinajstić information content (AvgIpc) is 3.30. The van der Waals surface area contributed by atoms with Gasteiger partial charge in [-0.2, -0.15) is 4.80 Å². The summed E-state index contributed by atoms with van der Waals surface area (Å²) in [5.74, 6) is 1.82. The second-order valence-electron chi connectivity index (χ2n) is 7.42. The molecule has 3 aromatic rings. The van der Waals surface area contributed by atoms with Gasteiger partial charge < -0.3 is 14.8 Å². The van der Waals surface area contributed by atoms with E-state index in [2.05, 4.69) is 25.6 Å². The summed E-state index contributed by atoms with van der Waals surface area (Å²) in [7, 11) is 3.20. The summed E-state index contributed by atoms with van der Waals surface area (Å²) in [5, 5.41) is 16.0. The zero-order chi connectivity index (χ0) is 21.6. The van der Waals surface area contributed by atoms with Crippen molar-refractivity contribution in [3.05, 3.63) is 48.5 Å². The van der Waals surface area contributed by atoms with Gasteiger partial charge in [0.2, 0.25) is 11.7 Å². The smallest absolute Gasteiger partial charge is 0.238 e. The molecule has 0 unspecified atom stereocenters. The van der Waals surface area contributed by atoms with Crippen LogP contribution in [0.5, 0.6) is 11.5 Å². The van der Waals surface area contributed by atoms with Crippen LogP contribution < -0.4 is 14.8 Å². The molecule has 0 radical (unpaired) electrons. The molecule has 1 aliphatic heterocycles. The summed E-state index contributed by atoms with van der Waals surface area (Å²) in [4.78, 5) is 16.1. The molecule has 0 spiro atoms. The average molecular weight is 422 g/mol. The first kappa shape index (κ1) is 20.8. The quantitative estimate of drug-likeness (QED) is 0.625. The van der Waals surface area contributed by atoms with Crippen LogP contribution in [-0.2, 0) is 4.79 Å². The molecular formula is C22H26N6O3. The summed E-state index contributed by atoms with van der Waals surface area (Å²) < 4.78 is 10.6. The molecule has 0 saturated carbocycles. The summed E-state index contributed by atoms with van der Waals surface area (Å²) >= 11 is 0. The van der Waals surface area contributed by atoms with Crippen LogP contribution in [0.15, 0.2) is 48.5 Å². The molecule has 1 saturated heterocycles. The summed E-state index contributed by atoms with van der Waals surface area (Å²) in [5.41, 5.74) is 1.64. The van der Waals surface area contributed by atoms with Gasteiger partial charge in [0.1, 0.15) is 0 Å². The lowest BCUT2D eigenvalue weighted by Crippen LogP contribution is -2.40. The van der Waals surface area contributed by atoms with Crippen molar-refractivity contribution in [2.24, 2.45) is 0 Å². The number of benzene rings is 2. The predicted octanol–water partition coefficient (Wildman–Crippen LogP) is 2.63. The van der Waals surface area contributed by atoms with Gasteiger partial charge in [-0.1, -0.05) is 18.2 Å². The normalized spacial score (nSPS) is 14.9. The van der Waals surface area contributed by atoms with E-state index < -0.39 is 0 Å². The van der Waals surface area contributed by atoms with Crippen LogP contribution in [0, 0.1) is 0 Å². The highest BCUT2D eigenvalue weighted by molar-refractivity contribution is 5.92. The van der Waals surface area contributed by atoms with Gasteiger partial charge in [0.05, 0.1) is 26.8 Å². The van der Waals surface area contributed by atoms with Crippen molar-refractivity contribution in [2.45, 2.75) is 18.9 Å². The number of anilines is 1. The summed E-state index contributed by atoms with van der Waals surface area (Å²) in [6.45, 7) is 1.99. The van der Waals surface area contributed by atoms with Gasteiger partial charge in [0, 0.05) is 24.3 Å². The van der Waals surface area contributed by atoms with Crippen LogP contribution in [0.3, 0.4) is 0 Å². The SMILES string of the molecule is COc1ccc(-c2nnn(C3CCN(CC(=O)Nc4ccccc4)CC3)n2)cc1OC. The van der Waals surface area contributed by atoms with Crippen LogP contribution in [0.25, 0.3) is 11.4 Å². The molecule has 162 valence electrons. The van der Waals surface area contributed by atoms with Gasteiger partial charge in [-0.25, -0.2) is 0 Å². The highest BCUT2D eigenvalue weighted by Gasteiger charge is 2.24. The highest BCUT2D eigenvalue weighted by atomic mass is 16.5. The fourth-order valence-corrected chi connectivity index (χ4v) is 3.70. The number of carbonyl (C=O) groups excluding carboxylic acids is 1. The Kier molecular flexibility index (Phi) is 6.42. The third-order valence-corrected chi connectivity index (χ3v) is 5.38. The van der Waals surface area contributed by atoms with Crippen LogP contribution in [0.2, 0.25) is 0 Å². The minimum Gasteiger partial charge on any atom is -0.493 e. The molecule has 0 bridgehead atoms. The van der Waals surface area contributed by atoms with E-state index in [1.54, 1.807) is 19.0 Å². The van der Waals surface area contributed by atoms with Crippen molar-refractivity contribution in [1.29, 1.82) is 0 Å². The number of tetrazole rings is 1. The zero-order valence-electron chi connectivity index (χ0n) is 17.7. The molecule has 1 aromatic heterocycles. The Morgan fingerprint density at radius 1 is 1.06 bits per heavy atom. The molecule has 1 aliphatic rings. The van der Waals surface area contributed by atoms with Crippen molar-refractivity contribution in [3.8, 4) is 22.9 Å². The second-order valence-corrected chi connectivity index (χ2v) is 7.42. The molecule has 1 fully saturated rings. The fourth-order valence-electron chi connectivity index (χ4n) is 3.70. The van der Waals surface area contributed by atoms with Gasteiger partial charge >= 0.3 is 0 Å².